The number of hydrogen-bond donors (Lipinski definition) is 3. The van der Waals surface area contributed by atoms with Gasteiger partial charge in [0.25, 0.3) is 5.91 Å². The SMILES string of the molecule is Nc1ncc2c3c1c(-c1ccc(C(=O)Nc4cc(C(F)(F)F)ccn4)cc1)nn3[C@@H]1CCC[C@H](C1)C(=O)NCCC/C=C/C2. The standard InChI is InChI=1S/C32H32F3N7O2/c33-32(34,35)23-13-15-37-25(17-23)40-31(44)20-11-9-19(10-12-20)27-26-28-22(18-39-29(26)36)6-3-1-2-4-14-38-30(43)21-7-5-8-24(16-21)42(28)41-27/h1,3,9-13,15,17-18,21,24H,2,4-8,14,16H2,(H2,36,39)(H,38,43)(H,37,40,44)/b3-1+/t21-,24-/m1/s1. The number of aromatic nitrogens is 4. The van der Waals surface area contributed by atoms with Gasteiger partial charge in [0.05, 0.1) is 22.5 Å². The van der Waals surface area contributed by atoms with Crippen molar-refractivity contribution in [1.29, 1.82) is 0 Å². The molecule has 9 nitrogen and oxygen atoms in total. The third kappa shape index (κ3) is 6.01. The summed E-state index contributed by atoms with van der Waals surface area (Å²) in [5.74, 6) is -0.478. The number of fused-ring (bicyclic) bond motifs is 3. The Kier molecular flexibility index (Phi) is 8.07. The maximum atomic E-state index is 13.1. The molecule has 2 amide bonds. The molecule has 1 aromatic carbocycles. The molecule has 0 radical (unpaired) electrons. The number of amides is 2. The number of hydrogen-bond acceptors (Lipinski definition) is 6. The van der Waals surface area contributed by atoms with E-state index in [4.69, 9.17) is 10.8 Å². The largest absolute Gasteiger partial charge is 0.416 e. The summed E-state index contributed by atoms with van der Waals surface area (Å²) in [6.07, 6.45) is 8.12. The van der Waals surface area contributed by atoms with E-state index in [0.29, 0.717) is 41.8 Å². The van der Waals surface area contributed by atoms with Crippen LogP contribution in [-0.2, 0) is 17.4 Å². The first-order chi connectivity index (χ1) is 21.2. The van der Waals surface area contributed by atoms with Crippen LogP contribution in [0.3, 0.4) is 0 Å². The molecule has 2 aliphatic rings. The van der Waals surface area contributed by atoms with Gasteiger partial charge in [0, 0.05) is 41.5 Å². The lowest BCUT2D eigenvalue weighted by molar-refractivity contribution is -0.137. The normalized spacial score (nSPS) is 20.0. The van der Waals surface area contributed by atoms with Gasteiger partial charge in [-0.05, 0) is 62.8 Å². The smallest absolute Gasteiger partial charge is 0.383 e. The van der Waals surface area contributed by atoms with Gasteiger partial charge in [0.15, 0.2) is 0 Å². The second-order valence-electron chi connectivity index (χ2n) is 11.3. The topological polar surface area (TPSA) is 128 Å². The molecule has 1 aliphatic carbocycles. The highest BCUT2D eigenvalue weighted by atomic mass is 19.4. The number of anilines is 2. The number of allylic oxidation sites excluding steroid dienone is 2. The van der Waals surface area contributed by atoms with Crippen molar-refractivity contribution in [3.63, 3.8) is 0 Å². The summed E-state index contributed by atoms with van der Waals surface area (Å²) in [6.45, 7) is 0.652. The highest BCUT2D eigenvalue weighted by molar-refractivity contribution is 6.05. The van der Waals surface area contributed by atoms with Gasteiger partial charge in [-0.2, -0.15) is 18.3 Å². The Morgan fingerprint density at radius 3 is 2.68 bits per heavy atom. The number of carbonyl (C=O) groups excluding carboxylic acids is 2. The lowest BCUT2D eigenvalue weighted by Gasteiger charge is -2.29. The average Bonchev–Trinajstić information content (AvgIpc) is 3.43. The van der Waals surface area contributed by atoms with Gasteiger partial charge in [-0.15, -0.1) is 0 Å². The minimum Gasteiger partial charge on any atom is -0.383 e. The van der Waals surface area contributed by atoms with Crippen LogP contribution in [0.1, 0.15) is 66.1 Å². The maximum Gasteiger partial charge on any atom is 0.416 e. The predicted octanol–water partition coefficient (Wildman–Crippen LogP) is 6.09. The van der Waals surface area contributed by atoms with Crippen molar-refractivity contribution in [2.45, 2.75) is 57.2 Å². The third-order valence-corrected chi connectivity index (χ3v) is 8.29. The Balaban J connectivity index is 1.36. The molecule has 0 spiro atoms. The van der Waals surface area contributed by atoms with Crippen molar-refractivity contribution >= 4 is 34.4 Å². The van der Waals surface area contributed by atoms with Crippen molar-refractivity contribution in [1.82, 2.24) is 25.1 Å². The molecule has 44 heavy (non-hydrogen) atoms. The Morgan fingerprint density at radius 1 is 1.07 bits per heavy atom. The maximum absolute atomic E-state index is 13.1. The minimum atomic E-state index is -4.55. The van der Waals surface area contributed by atoms with Crippen LogP contribution < -0.4 is 16.4 Å². The summed E-state index contributed by atoms with van der Waals surface area (Å²) >= 11 is 0. The number of nitrogen functional groups attached to an aromatic ring is 1. The van der Waals surface area contributed by atoms with E-state index in [9.17, 15) is 22.8 Å². The van der Waals surface area contributed by atoms with E-state index in [2.05, 4.69) is 32.8 Å². The zero-order chi connectivity index (χ0) is 30.8. The molecule has 4 heterocycles. The van der Waals surface area contributed by atoms with E-state index < -0.39 is 17.6 Å². The van der Waals surface area contributed by atoms with Crippen LogP contribution in [0.25, 0.3) is 22.2 Å². The minimum absolute atomic E-state index is 0.00627. The highest BCUT2D eigenvalue weighted by Crippen LogP contribution is 2.40. The number of nitrogens with zero attached hydrogens (tertiary/aromatic N) is 4. The second kappa shape index (κ2) is 12.1. The third-order valence-electron chi connectivity index (χ3n) is 8.29. The molecule has 12 heteroatoms. The molecule has 6 rings (SSSR count). The monoisotopic (exact) mass is 603 g/mol. The number of pyridine rings is 2. The Morgan fingerprint density at radius 2 is 1.89 bits per heavy atom. The Bertz CT molecular complexity index is 1730. The number of carbonyl (C=O) groups is 2. The molecule has 228 valence electrons. The number of halogens is 3. The van der Waals surface area contributed by atoms with Gasteiger partial charge >= 0.3 is 6.18 Å². The van der Waals surface area contributed by atoms with Crippen LogP contribution in [0.2, 0.25) is 0 Å². The van der Waals surface area contributed by atoms with Gasteiger partial charge in [0.1, 0.15) is 17.3 Å². The highest BCUT2D eigenvalue weighted by Gasteiger charge is 2.32. The van der Waals surface area contributed by atoms with Crippen LogP contribution in [0.5, 0.6) is 0 Å². The van der Waals surface area contributed by atoms with E-state index in [0.717, 1.165) is 61.5 Å². The van der Waals surface area contributed by atoms with Crippen molar-refractivity contribution in [3.05, 3.63) is 77.6 Å². The second-order valence-corrected chi connectivity index (χ2v) is 11.3. The van der Waals surface area contributed by atoms with E-state index in [1.165, 1.54) is 0 Å². The fourth-order valence-electron chi connectivity index (χ4n) is 6.05. The molecule has 1 aliphatic heterocycles. The van der Waals surface area contributed by atoms with Gasteiger partial charge in [-0.25, -0.2) is 9.97 Å². The molecule has 3 aromatic heterocycles. The van der Waals surface area contributed by atoms with Crippen LogP contribution in [0.4, 0.5) is 24.8 Å². The van der Waals surface area contributed by atoms with E-state index >= 15 is 0 Å². The van der Waals surface area contributed by atoms with Crippen LogP contribution in [0.15, 0.2) is 60.9 Å². The zero-order valence-corrected chi connectivity index (χ0v) is 23.9. The average molecular weight is 604 g/mol. The Labute approximate surface area is 251 Å². The summed E-state index contributed by atoms with van der Waals surface area (Å²) in [7, 11) is 0. The molecule has 2 bridgehead atoms. The molecular weight excluding hydrogens is 571 g/mol. The van der Waals surface area contributed by atoms with Gasteiger partial charge < -0.3 is 16.4 Å². The number of nitrogens with two attached hydrogens (primary N) is 1. The van der Waals surface area contributed by atoms with Crippen molar-refractivity contribution in [2.24, 2.45) is 5.92 Å². The molecule has 1 fully saturated rings. The fraction of sp³-hybridized carbons (Fsp3) is 0.344. The first-order valence-electron chi connectivity index (χ1n) is 14.7. The molecule has 4 aromatic rings. The van der Waals surface area contributed by atoms with Crippen LogP contribution in [0, 0.1) is 5.92 Å². The van der Waals surface area contributed by atoms with Crippen molar-refractivity contribution in [3.8, 4) is 11.3 Å². The lowest BCUT2D eigenvalue weighted by atomic mass is 9.85. The molecule has 4 N–H and O–H groups in total. The molecule has 0 saturated heterocycles. The van der Waals surface area contributed by atoms with Crippen molar-refractivity contribution in [2.75, 3.05) is 17.6 Å². The van der Waals surface area contributed by atoms with Crippen molar-refractivity contribution < 1.29 is 22.8 Å². The summed E-state index contributed by atoms with van der Waals surface area (Å²) in [5.41, 5.74) is 8.99. The zero-order valence-electron chi connectivity index (χ0n) is 23.9. The summed E-state index contributed by atoms with van der Waals surface area (Å²) < 4.78 is 41.3. The molecule has 2 atom stereocenters. The molecular formula is C32H32F3N7O2. The van der Waals surface area contributed by atoms with E-state index in [-0.39, 0.29) is 29.2 Å². The van der Waals surface area contributed by atoms with Gasteiger partial charge in [-0.1, -0.05) is 30.7 Å². The first-order valence-corrected chi connectivity index (χ1v) is 14.7. The first kappa shape index (κ1) is 29.3. The quantitative estimate of drug-likeness (QED) is 0.243. The van der Waals surface area contributed by atoms with Crippen LogP contribution in [-0.4, -0.2) is 38.1 Å². The fourth-order valence-corrected chi connectivity index (χ4v) is 6.05. The summed E-state index contributed by atoms with van der Waals surface area (Å²) in [4.78, 5) is 34.2. The number of benzene rings is 1. The predicted molar refractivity (Wildman–Crippen MR) is 161 cm³/mol. The van der Waals surface area contributed by atoms with Gasteiger partial charge in [-0.3, -0.25) is 14.3 Å². The lowest BCUT2D eigenvalue weighted by Crippen LogP contribution is -2.35. The Hall–Kier alpha value is -4.74. The summed E-state index contributed by atoms with van der Waals surface area (Å²) in [6, 6.07) is 8.24. The van der Waals surface area contributed by atoms with Crippen LogP contribution >= 0.6 is 0 Å². The molecule has 0 unspecified atom stereocenters. The number of nitrogens with one attached hydrogen (secondary N) is 2. The number of rotatable bonds is 3. The van der Waals surface area contributed by atoms with Gasteiger partial charge in [0.2, 0.25) is 5.91 Å². The van der Waals surface area contributed by atoms with E-state index in [1.54, 1.807) is 30.5 Å². The van der Waals surface area contributed by atoms with E-state index in [1.807, 2.05) is 4.68 Å². The summed E-state index contributed by atoms with van der Waals surface area (Å²) in [5, 5.41) is 11.3. The molecule has 1 saturated carbocycles. The number of alkyl halides is 3.